The van der Waals surface area contributed by atoms with Crippen LogP contribution in [0.2, 0.25) is 4.34 Å². The van der Waals surface area contributed by atoms with Crippen molar-refractivity contribution in [3.05, 3.63) is 21.3 Å². The minimum atomic E-state index is -0.171. The van der Waals surface area contributed by atoms with Gasteiger partial charge in [-0.2, -0.15) is 0 Å². The average Bonchev–Trinajstić information content (AvgIpc) is 2.70. The third-order valence-electron chi connectivity index (χ3n) is 2.91. The summed E-state index contributed by atoms with van der Waals surface area (Å²) in [7, 11) is 1.71. The summed E-state index contributed by atoms with van der Waals surface area (Å²) in [4.78, 5) is 1.07. The molecule has 0 aromatic carbocycles. The molecule has 1 aromatic rings. The van der Waals surface area contributed by atoms with E-state index in [4.69, 9.17) is 26.8 Å². The van der Waals surface area contributed by atoms with Gasteiger partial charge < -0.3 is 15.2 Å². The first-order chi connectivity index (χ1) is 8.35. The van der Waals surface area contributed by atoms with Crippen LogP contribution < -0.4 is 5.73 Å². The maximum atomic E-state index is 5.97. The molecular weight excluding hydrogens is 270 g/mol. The van der Waals surface area contributed by atoms with Crippen LogP contribution in [0.3, 0.4) is 0 Å². The second kappa shape index (κ2) is 6.87. The predicted molar refractivity (Wildman–Crippen MR) is 77.4 cm³/mol. The molecule has 1 aromatic heterocycles. The van der Waals surface area contributed by atoms with E-state index >= 15 is 0 Å². The van der Waals surface area contributed by atoms with E-state index < -0.39 is 0 Å². The van der Waals surface area contributed by atoms with Crippen LogP contribution >= 0.6 is 22.9 Å². The number of ether oxygens (including phenoxy) is 2. The lowest BCUT2D eigenvalue weighted by atomic mass is 10.1. The zero-order valence-corrected chi connectivity index (χ0v) is 13.0. The van der Waals surface area contributed by atoms with Gasteiger partial charge in [0.15, 0.2) is 0 Å². The molecule has 0 amide bonds. The van der Waals surface area contributed by atoms with Gasteiger partial charge in [-0.25, -0.2) is 0 Å². The molecule has 5 heteroatoms. The normalized spacial score (nSPS) is 15.7. The van der Waals surface area contributed by atoms with Gasteiger partial charge >= 0.3 is 0 Å². The fraction of sp³-hybridized carbons (Fsp3) is 0.692. The van der Waals surface area contributed by atoms with Crippen molar-refractivity contribution in [3.63, 3.8) is 0 Å². The van der Waals surface area contributed by atoms with Gasteiger partial charge in [-0.05, 0) is 39.3 Å². The van der Waals surface area contributed by atoms with Crippen molar-refractivity contribution < 1.29 is 9.47 Å². The standard InChI is InChI=1S/C13H22ClNO2S/c1-9(15)12(10-5-6-11(14)18-10)17-8-7-13(2,3)16-4/h5-6,9,12H,7-8,15H2,1-4H3. The Labute approximate surface area is 118 Å². The summed E-state index contributed by atoms with van der Waals surface area (Å²) in [6.07, 6.45) is 0.724. The molecule has 3 nitrogen and oxygen atoms in total. The highest BCUT2D eigenvalue weighted by atomic mass is 35.5. The summed E-state index contributed by atoms with van der Waals surface area (Å²) in [6.45, 7) is 6.64. The summed E-state index contributed by atoms with van der Waals surface area (Å²) in [6, 6.07) is 3.78. The molecule has 0 aliphatic heterocycles. The maximum absolute atomic E-state index is 5.97. The van der Waals surface area contributed by atoms with Crippen LogP contribution in [0, 0.1) is 0 Å². The molecule has 1 heterocycles. The molecule has 104 valence electrons. The Balaban J connectivity index is 2.55. The number of methoxy groups -OCH3 is 1. The van der Waals surface area contributed by atoms with E-state index in [2.05, 4.69) is 0 Å². The Morgan fingerprint density at radius 2 is 2.11 bits per heavy atom. The SMILES string of the molecule is COC(C)(C)CCOC(c1ccc(Cl)s1)C(C)N. The minimum absolute atomic E-state index is 0.0645. The van der Waals surface area contributed by atoms with Gasteiger partial charge in [0.1, 0.15) is 6.10 Å². The molecule has 0 saturated carbocycles. The van der Waals surface area contributed by atoms with E-state index in [1.807, 2.05) is 32.9 Å². The summed E-state index contributed by atoms with van der Waals surface area (Å²) >= 11 is 7.46. The Kier molecular flexibility index (Phi) is 6.08. The fourth-order valence-electron chi connectivity index (χ4n) is 1.51. The monoisotopic (exact) mass is 291 g/mol. The van der Waals surface area contributed by atoms with Crippen molar-refractivity contribution in [1.29, 1.82) is 0 Å². The average molecular weight is 292 g/mol. The molecule has 2 atom stereocenters. The zero-order valence-electron chi connectivity index (χ0n) is 11.4. The highest BCUT2D eigenvalue weighted by Gasteiger charge is 2.21. The molecule has 0 saturated heterocycles. The first-order valence-corrected chi connectivity index (χ1v) is 7.23. The molecule has 18 heavy (non-hydrogen) atoms. The highest BCUT2D eigenvalue weighted by Crippen LogP contribution is 2.31. The molecule has 0 bridgehead atoms. The topological polar surface area (TPSA) is 44.5 Å². The fourth-order valence-corrected chi connectivity index (χ4v) is 2.73. The third-order valence-corrected chi connectivity index (χ3v) is 4.20. The molecule has 2 unspecified atom stereocenters. The number of nitrogens with two attached hydrogens (primary N) is 1. The quantitative estimate of drug-likeness (QED) is 0.834. The Bertz CT molecular complexity index is 366. The Hall–Kier alpha value is -0.130. The minimum Gasteiger partial charge on any atom is -0.379 e. The zero-order chi connectivity index (χ0) is 13.8. The van der Waals surface area contributed by atoms with Gasteiger partial charge in [-0.1, -0.05) is 11.6 Å². The van der Waals surface area contributed by atoms with Crippen molar-refractivity contribution in [2.75, 3.05) is 13.7 Å². The van der Waals surface area contributed by atoms with Crippen molar-refractivity contribution in [3.8, 4) is 0 Å². The van der Waals surface area contributed by atoms with Crippen LogP contribution in [0.4, 0.5) is 0 Å². The van der Waals surface area contributed by atoms with Gasteiger partial charge in [0, 0.05) is 18.0 Å². The van der Waals surface area contributed by atoms with Gasteiger partial charge in [0.05, 0.1) is 16.5 Å². The van der Waals surface area contributed by atoms with Gasteiger partial charge in [0.25, 0.3) is 0 Å². The van der Waals surface area contributed by atoms with Crippen LogP contribution in [0.1, 0.15) is 38.2 Å². The largest absolute Gasteiger partial charge is 0.379 e. The van der Waals surface area contributed by atoms with Crippen molar-refractivity contribution in [1.82, 2.24) is 0 Å². The Morgan fingerprint density at radius 3 is 2.56 bits per heavy atom. The van der Waals surface area contributed by atoms with Crippen LogP contribution in [0.15, 0.2) is 12.1 Å². The van der Waals surface area contributed by atoms with Crippen molar-refractivity contribution in [2.24, 2.45) is 5.73 Å². The molecule has 0 spiro atoms. The molecule has 2 N–H and O–H groups in total. The highest BCUT2D eigenvalue weighted by molar-refractivity contribution is 7.16. The van der Waals surface area contributed by atoms with Crippen molar-refractivity contribution in [2.45, 2.75) is 44.9 Å². The van der Waals surface area contributed by atoms with E-state index in [0.29, 0.717) is 6.61 Å². The summed E-state index contributed by atoms with van der Waals surface area (Å²) in [5.74, 6) is 0. The van der Waals surface area contributed by atoms with Gasteiger partial charge in [0.2, 0.25) is 0 Å². The number of hydrogen-bond donors (Lipinski definition) is 1. The first kappa shape index (κ1) is 15.9. The van der Waals surface area contributed by atoms with Crippen LogP contribution in [0.25, 0.3) is 0 Å². The number of rotatable bonds is 7. The van der Waals surface area contributed by atoms with E-state index in [-0.39, 0.29) is 17.7 Å². The maximum Gasteiger partial charge on any atom is 0.106 e. The molecule has 1 rings (SSSR count). The predicted octanol–water partition coefficient (Wildman–Crippen LogP) is 3.62. The summed E-state index contributed by atoms with van der Waals surface area (Å²) < 4.78 is 12.0. The smallest absolute Gasteiger partial charge is 0.106 e. The van der Waals surface area contributed by atoms with Crippen LogP contribution in [0.5, 0.6) is 0 Å². The molecular formula is C13H22ClNO2S. The van der Waals surface area contributed by atoms with E-state index in [1.54, 1.807) is 7.11 Å². The van der Waals surface area contributed by atoms with E-state index in [0.717, 1.165) is 15.6 Å². The number of halogens is 1. The third kappa shape index (κ3) is 4.86. The van der Waals surface area contributed by atoms with E-state index in [9.17, 15) is 0 Å². The molecule has 0 aliphatic carbocycles. The lowest BCUT2D eigenvalue weighted by Crippen LogP contribution is -2.29. The second-order valence-corrected chi connectivity index (χ2v) is 6.75. The number of thiophene rings is 1. The first-order valence-electron chi connectivity index (χ1n) is 6.03. The summed E-state index contributed by atoms with van der Waals surface area (Å²) in [5, 5.41) is 0. The number of hydrogen-bond acceptors (Lipinski definition) is 4. The lowest BCUT2D eigenvalue weighted by Gasteiger charge is -2.25. The van der Waals surface area contributed by atoms with Crippen LogP contribution in [-0.2, 0) is 9.47 Å². The van der Waals surface area contributed by atoms with Gasteiger partial charge in [-0.3, -0.25) is 0 Å². The lowest BCUT2D eigenvalue weighted by molar-refractivity contribution is -0.0309. The second-order valence-electron chi connectivity index (χ2n) is 5.01. The van der Waals surface area contributed by atoms with E-state index in [1.165, 1.54) is 11.3 Å². The molecule has 0 aliphatic rings. The Morgan fingerprint density at radius 1 is 1.44 bits per heavy atom. The molecule has 0 radical (unpaired) electrons. The van der Waals surface area contributed by atoms with Crippen molar-refractivity contribution >= 4 is 22.9 Å². The summed E-state index contributed by atoms with van der Waals surface area (Å²) in [5.41, 5.74) is 5.80. The van der Waals surface area contributed by atoms with Crippen LogP contribution in [-0.4, -0.2) is 25.4 Å². The molecule has 0 fully saturated rings. The van der Waals surface area contributed by atoms with Gasteiger partial charge in [-0.15, -0.1) is 11.3 Å².